The molecule has 2 N–H and O–H groups in total. The summed E-state index contributed by atoms with van der Waals surface area (Å²) in [7, 11) is 1.29. The quantitative estimate of drug-likeness (QED) is 0.0349. The zero-order valence-electron chi connectivity index (χ0n) is 28.7. The first-order chi connectivity index (χ1) is 20.5. The van der Waals surface area contributed by atoms with E-state index in [0.29, 0.717) is 23.9 Å². The molecule has 9 heteroatoms. The highest BCUT2D eigenvalue weighted by atomic mass is 31.2. The first-order valence-corrected chi connectivity index (χ1v) is 19.0. The normalized spacial score (nSPS) is 15.0. The number of quaternary nitrogens is 1. The van der Waals surface area contributed by atoms with E-state index < -0.39 is 20.0 Å². The highest BCUT2D eigenvalue weighted by molar-refractivity contribution is 7.45. The standard InChI is InChI=1S/C34H69N2O6P/c1-6-8-10-12-14-16-17-18-20-22-24-26-28-34(38)35-32(31-42-43(39,40)41-30-29-36(3,4)5)33(37)27-25-23-21-19-15-13-11-9-7-2/h14,16,32-33,37H,6-13,15,17-31H2,1-5H3,(H-,35,38,39,40)/b16-14-. The molecule has 0 rings (SSSR count). The van der Waals surface area contributed by atoms with Crippen LogP contribution in [0.25, 0.3) is 0 Å². The number of rotatable bonds is 31. The summed E-state index contributed by atoms with van der Waals surface area (Å²) in [5.41, 5.74) is 0. The van der Waals surface area contributed by atoms with Crippen molar-refractivity contribution in [3.05, 3.63) is 12.2 Å². The second kappa shape index (κ2) is 27.5. The van der Waals surface area contributed by atoms with Gasteiger partial charge in [0.05, 0.1) is 39.9 Å². The zero-order valence-corrected chi connectivity index (χ0v) is 29.6. The van der Waals surface area contributed by atoms with Gasteiger partial charge in [-0.3, -0.25) is 9.36 Å². The summed E-state index contributed by atoms with van der Waals surface area (Å²) < 4.78 is 23.0. The minimum Gasteiger partial charge on any atom is -0.756 e. The van der Waals surface area contributed by atoms with Crippen LogP contribution in [0, 0.1) is 0 Å². The molecule has 0 radical (unpaired) electrons. The van der Waals surface area contributed by atoms with Crippen LogP contribution in [-0.4, -0.2) is 68.5 Å². The molecular weight excluding hydrogens is 563 g/mol. The minimum atomic E-state index is -4.55. The lowest BCUT2D eigenvalue weighted by Gasteiger charge is -2.30. The van der Waals surface area contributed by atoms with E-state index in [-0.39, 0.29) is 19.1 Å². The van der Waals surface area contributed by atoms with Crippen LogP contribution in [0.2, 0.25) is 0 Å². The van der Waals surface area contributed by atoms with E-state index >= 15 is 0 Å². The van der Waals surface area contributed by atoms with Crippen molar-refractivity contribution in [1.82, 2.24) is 5.32 Å². The maximum Gasteiger partial charge on any atom is 0.268 e. The number of carbonyl (C=O) groups is 1. The number of aliphatic hydroxyl groups excluding tert-OH is 1. The predicted molar refractivity (Wildman–Crippen MR) is 178 cm³/mol. The molecule has 43 heavy (non-hydrogen) atoms. The van der Waals surface area contributed by atoms with Gasteiger partial charge in [0.15, 0.2) is 0 Å². The van der Waals surface area contributed by atoms with E-state index in [1.165, 1.54) is 70.6 Å². The van der Waals surface area contributed by atoms with Crippen molar-refractivity contribution in [2.75, 3.05) is 40.9 Å². The monoisotopic (exact) mass is 632 g/mol. The van der Waals surface area contributed by atoms with E-state index in [1.807, 2.05) is 21.1 Å². The number of nitrogens with zero attached hydrogens (tertiary/aromatic N) is 1. The van der Waals surface area contributed by atoms with E-state index in [4.69, 9.17) is 9.05 Å². The SMILES string of the molecule is CCCCC/C=C\CCCCCCCC(=O)NC(COP(=O)([O-])OCC[N+](C)(C)C)C(O)CCCCCCCCCCC. The fraction of sp³-hybridized carbons (Fsp3) is 0.912. The van der Waals surface area contributed by atoms with Crippen LogP contribution >= 0.6 is 7.82 Å². The van der Waals surface area contributed by atoms with E-state index in [2.05, 4.69) is 31.3 Å². The Morgan fingerprint density at radius 3 is 1.86 bits per heavy atom. The number of aliphatic hydroxyl groups is 1. The molecule has 3 unspecified atom stereocenters. The van der Waals surface area contributed by atoms with Crippen LogP contribution in [0.3, 0.4) is 0 Å². The van der Waals surface area contributed by atoms with Crippen LogP contribution in [-0.2, 0) is 18.4 Å². The topological polar surface area (TPSA) is 108 Å². The molecule has 0 spiro atoms. The second-order valence-corrected chi connectivity index (χ2v) is 14.6. The average molecular weight is 633 g/mol. The van der Waals surface area contributed by atoms with Crippen LogP contribution < -0.4 is 10.2 Å². The van der Waals surface area contributed by atoms with Gasteiger partial charge in [0.2, 0.25) is 5.91 Å². The summed E-state index contributed by atoms with van der Waals surface area (Å²) >= 11 is 0. The molecule has 256 valence electrons. The molecule has 0 saturated carbocycles. The molecule has 0 fully saturated rings. The van der Waals surface area contributed by atoms with Crippen molar-refractivity contribution in [2.45, 2.75) is 161 Å². The lowest BCUT2D eigenvalue weighted by Crippen LogP contribution is -2.46. The van der Waals surface area contributed by atoms with Crippen molar-refractivity contribution < 1.29 is 32.9 Å². The fourth-order valence-corrected chi connectivity index (χ4v) is 5.58. The first-order valence-electron chi connectivity index (χ1n) is 17.5. The van der Waals surface area contributed by atoms with Crippen molar-refractivity contribution >= 4 is 13.7 Å². The van der Waals surface area contributed by atoms with Gasteiger partial charge in [0.1, 0.15) is 13.2 Å². The summed E-state index contributed by atoms with van der Waals surface area (Å²) in [6.45, 7) is 4.63. The molecule has 0 aromatic rings. The number of likely N-dealkylation sites (N-methyl/N-ethyl adjacent to an activating group) is 1. The largest absolute Gasteiger partial charge is 0.756 e. The summed E-state index contributed by atoms with van der Waals surface area (Å²) in [5, 5.41) is 13.7. The lowest BCUT2D eigenvalue weighted by atomic mass is 10.0. The summed E-state index contributed by atoms with van der Waals surface area (Å²) in [4.78, 5) is 25.0. The predicted octanol–water partition coefficient (Wildman–Crippen LogP) is 7.83. The van der Waals surface area contributed by atoms with Crippen LogP contribution in [0.4, 0.5) is 0 Å². The number of unbranched alkanes of at least 4 members (excludes halogenated alkanes) is 16. The number of nitrogens with one attached hydrogen (secondary N) is 1. The van der Waals surface area contributed by atoms with Gasteiger partial charge in [-0.1, -0.05) is 116 Å². The highest BCUT2D eigenvalue weighted by Gasteiger charge is 2.24. The Morgan fingerprint density at radius 1 is 0.791 bits per heavy atom. The molecular formula is C34H69N2O6P. The smallest absolute Gasteiger partial charge is 0.268 e. The minimum absolute atomic E-state index is 0.0115. The highest BCUT2D eigenvalue weighted by Crippen LogP contribution is 2.38. The maximum atomic E-state index is 12.7. The number of phosphoric ester groups is 1. The van der Waals surface area contributed by atoms with E-state index in [1.54, 1.807) is 0 Å². The van der Waals surface area contributed by atoms with Crippen molar-refractivity contribution in [1.29, 1.82) is 0 Å². The van der Waals surface area contributed by atoms with Crippen molar-refractivity contribution in [2.24, 2.45) is 0 Å². The lowest BCUT2D eigenvalue weighted by molar-refractivity contribution is -0.870. The Morgan fingerprint density at radius 2 is 1.28 bits per heavy atom. The number of phosphoric acid groups is 1. The molecule has 8 nitrogen and oxygen atoms in total. The Bertz CT molecular complexity index is 728. The van der Waals surface area contributed by atoms with Crippen LogP contribution in [0.15, 0.2) is 12.2 Å². The van der Waals surface area contributed by atoms with Gasteiger partial charge >= 0.3 is 0 Å². The molecule has 3 atom stereocenters. The number of hydrogen-bond acceptors (Lipinski definition) is 6. The number of hydrogen-bond donors (Lipinski definition) is 2. The molecule has 1 amide bonds. The Balaban J connectivity index is 4.53. The van der Waals surface area contributed by atoms with Crippen molar-refractivity contribution in [3.8, 4) is 0 Å². The van der Waals surface area contributed by atoms with Crippen molar-refractivity contribution in [3.63, 3.8) is 0 Å². The third-order valence-electron chi connectivity index (χ3n) is 7.75. The molecule has 0 aromatic carbocycles. The Hall–Kier alpha value is -0.760. The molecule has 0 heterocycles. The molecule has 0 saturated heterocycles. The van der Waals surface area contributed by atoms with E-state index in [0.717, 1.165) is 51.4 Å². The molecule has 0 bridgehead atoms. The Labute approximate surface area is 265 Å². The third kappa shape index (κ3) is 29.7. The summed E-state index contributed by atoms with van der Waals surface area (Å²) in [6, 6.07) is -0.796. The van der Waals surface area contributed by atoms with Gasteiger partial charge in [-0.15, -0.1) is 0 Å². The number of allylic oxidation sites excluding steroid dienone is 2. The number of amides is 1. The average Bonchev–Trinajstić information content (AvgIpc) is 2.94. The molecule has 0 aromatic heterocycles. The van der Waals surface area contributed by atoms with Crippen LogP contribution in [0.1, 0.15) is 149 Å². The van der Waals surface area contributed by atoms with E-state index in [9.17, 15) is 19.4 Å². The first kappa shape index (κ1) is 42.2. The zero-order chi connectivity index (χ0) is 32.2. The van der Waals surface area contributed by atoms with Gasteiger partial charge in [-0.05, 0) is 38.5 Å². The maximum absolute atomic E-state index is 12.7. The summed E-state index contributed by atoms with van der Waals surface area (Å²) in [6.07, 6.45) is 26.4. The van der Waals surface area contributed by atoms with Gasteiger partial charge in [-0.25, -0.2) is 0 Å². The van der Waals surface area contributed by atoms with Gasteiger partial charge in [0, 0.05) is 6.42 Å². The van der Waals surface area contributed by atoms with Crippen LogP contribution in [0.5, 0.6) is 0 Å². The number of carbonyl (C=O) groups excluding carboxylic acids is 1. The molecule has 0 aliphatic carbocycles. The summed E-state index contributed by atoms with van der Waals surface area (Å²) in [5.74, 6) is -0.179. The van der Waals surface area contributed by atoms with Gasteiger partial charge < -0.3 is 28.8 Å². The van der Waals surface area contributed by atoms with Gasteiger partial charge in [0.25, 0.3) is 7.82 Å². The second-order valence-electron chi connectivity index (χ2n) is 13.2. The molecule has 0 aliphatic rings. The fourth-order valence-electron chi connectivity index (χ4n) is 4.85. The van der Waals surface area contributed by atoms with Gasteiger partial charge in [-0.2, -0.15) is 0 Å². The Kier molecular flexibility index (Phi) is 27.1. The third-order valence-corrected chi connectivity index (χ3v) is 8.72. The molecule has 0 aliphatic heterocycles.